The summed E-state index contributed by atoms with van der Waals surface area (Å²) < 4.78 is 4.89. The highest BCUT2D eigenvalue weighted by Crippen LogP contribution is 2.22. The number of carbonyl (C=O) groups is 1. The van der Waals surface area contributed by atoms with Gasteiger partial charge < -0.3 is 9.73 Å². The Bertz CT molecular complexity index is 791. The zero-order chi connectivity index (χ0) is 14.8. The largest absolute Gasteiger partial charge is 0.433 e. The summed E-state index contributed by atoms with van der Waals surface area (Å²) in [6, 6.07) is 9.70. The van der Waals surface area contributed by atoms with Gasteiger partial charge >= 0.3 is 5.88 Å². The number of carbonyl (C=O) groups excluding carboxylic acids is 1. The molecule has 104 valence electrons. The van der Waals surface area contributed by atoms with Crippen molar-refractivity contribution in [1.82, 2.24) is 0 Å². The lowest BCUT2D eigenvalue weighted by atomic mass is 10.1. The number of hydrogen-bond acceptors (Lipinski definition) is 6. The van der Waals surface area contributed by atoms with E-state index < -0.39 is 4.92 Å². The third-order valence-electron chi connectivity index (χ3n) is 2.78. The fourth-order valence-corrected chi connectivity index (χ4v) is 1.85. The second-order valence-electron chi connectivity index (χ2n) is 4.13. The van der Waals surface area contributed by atoms with Gasteiger partial charge in [-0.25, -0.2) is 0 Å². The summed E-state index contributed by atoms with van der Waals surface area (Å²) in [4.78, 5) is 21.6. The topological polar surface area (TPSA) is 110 Å². The summed E-state index contributed by atoms with van der Waals surface area (Å²) in [5.74, 6) is -0.551. The Balaban J connectivity index is 1.84. The van der Waals surface area contributed by atoms with Crippen molar-refractivity contribution in [3.8, 4) is 0 Å². The molecule has 1 aliphatic heterocycles. The van der Waals surface area contributed by atoms with E-state index in [4.69, 9.17) is 4.42 Å². The maximum atomic E-state index is 11.7. The molecule has 8 heteroatoms. The Labute approximate surface area is 117 Å². The molecule has 0 radical (unpaired) electrons. The molecular weight excluding hydrogens is 276 g/mol. The van der Waals surface area contributed by atoms with Crippen molar-refractivity contribution in [3.63, 3.8) is 0 Å². The van der Waals surface area contributed by atoms with E-state index in [1.165, 1.54) is 18.3 Å². The molecule has 0 saturated carbocycles. The van der Waals surface area contributed by atoms with Crippen molar-refractivity contribution in [2.45, 2.75) is 0 Å². The van der Waals surface area contributed by atoms with Gasteiger partial charge in [-0.2, -0.15) is 5.10 Å². The molecule has 1 aromatic heterocycles. The average molecular weight is 284 g/mol. The molecule has 21 heavy (non-hydrogen) atoms. The molecule has 0 aliphatic carbocycles. The number of fused-ring (bicyclic) bond motifs is 1. The minimum atomic E-state index is -0.649. The molecule has 2 aromatic rings. The minimum Gasteiger partial charge on any atom is -0.400 e. The first-order chi connectivity index (χ1) is 10.1. The van der Waals surface area contributed by atoms with Crippen LogP contribution in [0.1, 0.15) is 11.3 Å². The van der Waals surface area contributed by atoms with Gasteiger partial charge in [0, 0.05) is 5.56 Å². The second kappa shape index (κ2) is 5.00. The standard InChI is InChI=1S/C13H8N4O4/c18-13-12(9-3-1-2-4-10(9)15-13)16-14-7-8-5-6-11(21-8)17(19)20/h1-7H,(H,15,16,18). The van der Waals surface area contributed by atoms with Crippen molar-refractivity contribution in [1.29, 1.82) is 0 Å². The van der Waals surface area contributed by atoms with E-state index in [0.29, 0.717) is 11.3 Å². The Morgan fingerprint density at radius 3 is 2.81 bits per heavy atom. The van der Waals surface area contributed by atoms with Crippen LogP contribution in [0.25, 0.3) is 0 Å². The number of nitrogens with zero attached hydrogens (tertiary/aromatic N) is 3. The third kappa shape index (κ3) is 2.41. The van der Waals surface area contributed by atoms with Gasteiger partial charge in [0.15, 0.2) is 11.5 Å². The van der Waals surface area contributed by atoms with Gasteiger partial charge in [0.1, 0.15) is 4.92 Å². The van der Waals surface area contributed by atoms with Crippen LogP contribution in [0, 0.1) is 10.1 Å². The Hall–Kier alpha value is -3.29. The smallest absolute Gasteiger partial charge is 0.400 e. The van der Waals surface area contributed by atoms with Crippen LogP contribution in [-0.4, -0.2) is 22.8 Å². The van der Waals surface area contributed by atoms with Crippen LogP contribution in [0.15, 0.2) is 51.0 Å². The van der Waals surface area contributed by atoms with Gasteiger partial charge in [0.25, 0.3) is 5.91 Å². The van der Waals surface area contributed by atoms with Crippen molar-refractivity contribution in [3.05, 3.63) is 57.8 Å². The van der Waals surface area contributed by atoms with Crippen molar-refractivity contribution >= 4 is 29.4 Å². The lowest BCUT2D eigenvalue weighted by molar-refractivity contribution is -0.402. The lowest BCUT2D eigenvalue weighted by Crippen LogP contribution is -2.13. The van der Waals surface area contributed by atoms with Crippen LogP contribution >= 0.6 is 0 Å². The molecular formula is C13H8N4O4. The molecule has 0 atom stereocenters. The van der Waals surface area contributed by atoms with Crippen LogP contribution in [0.4, 0.5) is 11.6 Å². The molecule has 1 aromatic carbocycles. The van der Waals surface area contributed by atoms with Gasteiger partial charge in [0.05, 0.1) is 18.0 Å². The first kappa shape index (κ1) is 12.7. The van der Waals surface area contributed by atoms with Gasteiger partial charge in [-0.15, -0.1) is 5.10 Å². The zero-order valence-corrected chi connectivity index (χ0v) is 10.5. The summed E-state index contributed by atoms with van der Waals surface area (Å²) in [7, 11) is 0. The van der Waals surface area contributed by atoms with Crippen LogP contribution in [0.3, 0.4) is 0 Å². The van der Waals surface area contributed by atoms with Crippen molar-refractivity contribution < 1.29 is 14.1 Å². The van der Waals surface area contributed by atoms with E-state index >= 15 is 0 Å². The SMILES string of the molecule is O=C1Nc2ccccc2/C1=N/N=Cc1ccc([N+](=O)[O-])o1. The van der Waals surface area contributed by atoms with Crippen molar-refractivity contribution in [2.75, 3.05) is 5.32 Å². The first-order valence-electron chi connectivity index (χ1n) is 5.91. The minimum absolute atomic E-state index is 0.178. The fraction of sp³-hybridized carbons (Fsp3) is 0. The number of benzene rings is 1. The van der Waals surface area contributed by atoms with E-state index in [1.807, 2.05) is 0 Å². The normalized spacial score (nSPS) is 15.4. The number of para-hydroxylation sites is 1. The number of furan rings is 1. The molecule has 0 spiro atoms. The van der Waals surface area contributed by atoms with Crippen LogP contribution in [0.5, 0.6) is 0 Å². The van der Waals surface area contributed by atoms with Gasteiger partial charge in [-0.3, -0.25) is 14.9 Å². The molecule has 0 saturated heterocycles. The van der Waals surface area contributed by atoms with Gasteiger partial charge in [-0.05, 0) is 12.1 Å². The van der Waals surface area contributed by atoms with E-state index in [-0.39, 0.29) is 23.3 Å². The van der Waals surface area contributed by atoms with E-state index in [0.717, 1.165) is 0 Å². The predicted molar refractivity (Wildman–Crippen MR) is 74.6 cm³/mol. The van der Waals surface area contributed by atoms with E-state index in [9.17, 15) is 14.9 Å². The average Bonchev–Trinajstić information content (AvgIpc) is 3.04. The maximum absolute atomic E-state index is 11.7. The van der Waals surface area contributed by atoms with E-state index in [1.54, 1.807) is 24.3 Å². The molecule has 1 amide bonds. The zero-order valence-electron chi connectivity index (χ0n) is 10.5. The quantitative estimate of drug-likeness (QED) is 0.527. The molecule has 2 heterocycles. The number of amides is 1. The monoisotopic (exact) mass is 284 g/mol. The highest BCUT2D eigenvalue weighted by Gasteiger charge is 2.25. The molecule has 0 fully saturated rings. The Morgan fingerprint density at radius 1 is 1.24 bits per heavy atom. The first-order valence-corrected chi connectivity index (χ1v) is 5.91. The van der Waals surface area contributed by atoms with Crippen LogP contribution < -0.4 is 5.32 Å². The third-order valence-corrected chi connectivity index (χ3v) is 2.78. The van der Waals surface area contributed by atoms with Crippen LogP contribution in [0.2, 0.25) is 0 Å². The highest BCUT2D eigenvalue weighted by molar-refractivity contribution is 6.53. The Morgan fingerprint density at radius 2 is 2.05 bits per heavy atom. The Kier molecular flexibility index (Phi) is 3.03. The summed E-state index contributed by atoms with van der Waals surface area (Å²) in [6.45, 7) is 0. The van der Waals surface area contributed by atoms with E-state index in [2.05, 4.69) is 15.5 Å². The number of nitrogens with one attached hydrogen (secondary N) is 1. The number of anilines is 1. The molecule has 1 aliphatic rings. The molecule has 8 nitrogen and oxygen atoms in total. The summed E-state index contributed by atoms with van der Waals surface area (Å²) in [5.41, 5.74) is 1.51. The molecule has 3 rings (SSSR count). The highest BCUT2D eigenvalue weighted by atomic mass is 16.6. The second-order valence-corrected chi connectivity index (χ2v) is 4.13. The van der Waals surface area contributed by atoms with Crippen LogP contribution in [-0.2, 0) is 4.79 Å². The summed E-state index contributed by atoms with van der Waals surface area (Å²) in [6.07, 6.45) is 1.20. The van der Waals surface area contributed by atoms with Crippen molar-refractivity contribution in [2.24, 2.45) is 10.2 Å². The molecule has 1 N–H and O–H groups in total. The number of hydrogen-bond donors (Lipinski definition) is 1. The molecule has 0 bridgehead atoms. The van der Waals surface area contributed by atoms with Gasteiger partial charge in [-0.1, -0.05) is 18.2 Å². The molecule has 0 unspecified atom stereocenters. The summed E-state index contributed by atoms with van der Waals surface area (Å²) >= 11 is 0. The predicted octanol–water partition coefficient (Wildman–Crippen LogP) is 1.96. The fourth-order valence-electron chi connectivity index (χ4n) is 1.85. The summed E-state index contributed by atoms with van der Waals surface area (Å²) in [5, 5.41) is 20.7. The maximum Gasteiger partial charge on any atom is 0.433 e. The number of rotatable bonds is 3. The number of nitro groups is 1. The van der Waals surface area contributed by atoms with Gasteiger partial charge in [0.2, 0.25) is 0 Å². The lowest BCUT2D eigenvalue weighted by Gasteiger charge is -1.93.